The number of carbonyl (C=O) groups excluding carboxylic acids is 1. The Hall–Kier alpha value is -0.780. The zero-order valence-electron chi connectivity index (χ0n) is 9.39. The predicted octanol–water partition coefficient (Wildman–Crippen LogP) is 0.997. The Morgan fingerprint density at radius 2 is 2.29 bits per heavy atom. The number of hydrogen-bond acceptors (Lipinski definition) is 3. The van der Waals surface area contributed by atoms with E-state index < -0.39 is 0 Å². The van der Waals surface area contributed by atoms with Crippen LogP contribution in [0.1, 0.15) is 25.1 Å². The van der Waals surface area contributed by atoms with Crippen molar-refractivity contribution in [2.45, 2.75) is 31.8 Å². The molecule has 0 aliphatic heterocycles. The number of halogens is 2. The van der Waals surface area contributed by atoms with E-state index in [1.807, 2.05) is 0 Å². The predicted molar refractivity (Wildman–Crippen MR) is 70.2 cm³/mol. The Labute approximate surface area is 113 Å². The number of rotatable bonds is 3. The van der Waals surface area contributed by atoms with E-state index in [1.165, 1.54) is 0 Å². The Balaban J connectivity index is 0.00000128. The second-order valence-corrected chi connectivity index (χ2v) is 3.95. The van der Waals surface area contributed by atoms with E-state index in [9.17, 15) is 4.79 Å². The lowest BCUT2D eigenvalue weighted by Crippen LogP contribution is -2.38. The molecule has 2 unspecified atom stereocenters. The molecule has 1 aromatic heterocycles. The highest BCUT2D eigenvalue weighted by Crippen LogP contribution is 2.23. The van der Waals surface area contributed by atoms with E-state index in [4.69, 9.17) is 5.73 Å². The topological polar surface area (TPSA) is 83.8 Å². The van der Waals surface area contributed by atoms with Crippen LogP contribution in [-0.4, -0.2) is 21.9 Å². The highest BCUT2D eigenvalue weighted by molar-refractivity contribution is 5.85. The number of amides is 1. The van der Waals surface area contributed by atoms with Gasteiger partial charge in [0, 0.05) is 18.4 Å². The molecule has 0 aromatic carbocycles. The average molecular weight is 281 g/mol. The molecule has 1 fully saturated rings. The molecule has 0 saturated heterocycles. The van der Waals surface area contributed by atoms with Crippen molar-refractivity contribution in [3.63, 3.8) is 0 Å². The van der Waals surface area contributed by atoms with Crippen molar-refractivity contribution >= 4 is 30.7 Å². The van der Waals surface area contributed by atoms with Crippen LogP contribution in [0.15, 0.2) is 12.4 Å². The summed E-state index contributed by atoms with van der Waals surface area (Å²) >= 11 is 0. The number of nitrogens with one attached hydrogen (secondary N) is 2. The van der Waals surface area contributed by atoms with E-state index in [0.717, 1.165) is 25.1 Å². The van der Waals surface area contributed by atoms with Gasteiger partial charge in [0.2, 0.25) is 5.91 Å². The van der Waals surface area contributed by atoms with E-state index in [0.29, 0.717) is 6.54 Å². The summed E-state index contributed by atoms with van der Waals surface area (Å²) in [6.07, 6.45) is 6.33. The standard InChI is InChI=1S/C10H16N4O.2ClH/c11-8-3-1-2-7(8)10(15)14-6-9-12-4-5-13-9;;/h4-5,7-8H,1-3,6,11H2,(H,12,13)(H,14,15);2*1H. The van der Waals surface area contributed by atoms with Gasteiger partial charge in [-0.25, -0.2) is 4.98 Å². The fraction of sp³-hybridized carbons (Fsp3) is 0.600. The monoisotopic (exact) mass is 280 g/mol. The molecular formula is C10H18Cl2N4O. The first-order chi connectivity index (χ1) is 7.27. The fourth-order valence-electron chi connectivity index (χ4n) is 2.01. The van der Waals surface area contributed by atoms with Crippen LogP contribution in [0.25, 0.3) is 0 Å². The van der Waals surface area contributed by atoms with Gasteiger partial charge in [0.25, 0.3) is 0 Å². The number of hydrogen-bond donors (Lipinski definition) is 3. The summed E-state index contributed by atoms with van der Waals surface area (Å²) in [5, 5.41) is 2.84. The SMILES string of the molecule is Cl.Cl.NC1CCCC1C(=O)NCc1ncc[nH]1. The van der Waals surface area contributed by atoms with Crippen LogP contribution in [0.4, 0.5) is 0 Å². The molecule has 4 N–H and O–H groups in total. The Bertz CT molecular complexity index is 331. The van der Waals surface area contributed by atoms with Crippen molar-refractivity contribution in [1.29, 1.82) is 0 Å². The molecule has 5 nitrogen and oxygen atoms in total. The first kappa shape index (κ1) is 16.2. The van der Waals surface area contributed by atoms with Gasteiger partial charge in [-0.2, -0.15) is 0 Å². The molecule has 1 heterocycles. The summed E-state index contributed by atoms with van der Waals surface area (Å²) in [7, 11) is 0. The van der Waals surface area contributed by atoms with Gasteiger partial charge in [-0.05, 0) is 12.8 Å². The second-order valence-electron chi connectivity index (χ2n) is 3.95. The third-order valence-electron chi connectivity index (χ3n) is 2.89. The molecule has 7 heteroatoms. The minimum absolute atomic E-state index is 0. The highest BCUT2D eigenvalue weighted by atomic mass is 35.5. The maximum atomic E-state index is 11.7. The third-order valence-corrected chi connectivity index (χ3v) is 2.89. The number of carbonyl (C=O) groups is 1. The second kappa shape index (κ2) is 7.53. The van der Waals surface area contributed by atoms with Gasteiger partial charge in [0.15, 0.2) is 0 Å². The maximum Gasteiger partial charge on any atom is 0.225 e. The van der Waals surface area contributed by atoms with Crippen LogP contribution in [0.2, 0.25) is 0 Å². The average Bonchev–Trinajstić information content (AvgIpc) is 2.84. The number of H-pyrrole nitrogens is 1. The van der Waals surface area contributed by atoms with Crippen molar-refractivity contribution in [3.8, 4) is 0 Å². The zero-order chi connectivity index (χ0) is 10.7. The molecule has 1 amide bonds. The van der Waals surface area contributed by atoms with Crippen LogP contribution in [-0.2, 0) is 11.3 Å². The third kappa shape index (κ3) is 4.18. The summed E-state index contributed by atoms with van der Waals surface area (Å²) in [4.78, 5) is 18.7. The summed E-state index contributed by atoms with van der Waals surface area (Å²) in [5.74, 6) is 0.811. The maximum absolute atomic E-state index is 11.7. The number of nitrogens with zero attached hydrogens (tertiary/aromatic N) is 1. The van der Waals surface area contributed by atoms with Gasteiger partial charge in [-0.1, -0.05) is 6.42 Å². The van der Waals surface area contributed by atoms with Crippen molar-refractivity contribution in [3.05, 3.63) is 18.2 Å². The van der Waals surface area contributed by atoms with Crippen LogP contribution < -0.4 is 11.1 Å². The molecule has 0 bridgehead atoms. The number of nitrogens with two attached hydrogens (primary N) is 1. The van der Waals surface area contributed by atoms with Gasteiger partial charge in [-0.15, -0.1) is 24.8 Å². The van der Waals surface area contributed by atoms with E-state index in [-0.39, 0.29) is 42.7 Å². The molecule has 1 aromatic rings. The zero-order valence-corrected chi connectivity index (χ0v) is 11.0. The molecule has 0 spiro atoms. The van der Waals surface area contributed by atoms with Crippen molar-refractivity contribution < 1.29 is 4.79 Å². The Morgan fingerprint density at radius 1 is 1.53 bits per heavy atom. The lowest BCUT2D eigenvalue weighted by atomic mass is 10.0. The van der Waals surface area contributed by atoms with Crippen molar-refractivity contribution in [1.82, 2.24) is 15.3 Å². The lowest BCUT2D eigenvalue weighted by Gasteiger charge is -2.14. The van der Waals surface area contributed by atoms with Gasteiger partial charge >= 0.3 is 0 Å². The molecule has 2 atom stereocenters. The molecule has 0 radical (unpaired) electrons. The molecule has 98 valence electrons. The molecule has 1 aliphatic carbocycles. The van der Waals surface area contributed by atoms with Gasteiger partial charge in [0.05, 0.1) is 12.5 Å². The molecule has 1 saturated carbocycles. The minimum atomic E-state index is -0.0139. The normalized spacial score (nSPS) is 22.4. The fourth-order valence-corrected chi connectivity index (χ4v) is 2.01. The molecule has 1 aliphatic rings. The van der Waals surface area contributed by atoms with Crippen molar-refractivity contribution in [2.75, 3.05) is 0 Å². The Morgan fingerprint density at radius 3 is 2.82 bits per heavy atom. The molecular weight excluding hydrogens is 263 g/mol. The van der Waals surface area contributed by atoms with Crippen LogP contribution >= 0.6 is 24.8 Å². The first-order valence-electron chi connectivity index (χ1n) is 5.29. The lowest BCUT2D eigenvalue weighted by molar-refractivity contribution is -0.125. The van der Waals surface area contributed by atoms with E-state index >= 15 is 0 Å². The molecule has 17 heavy (non-hydrogen) atoms. The van der Waals surface area contributed by atoms with Crippen molar-refractivity contribution in [2.24, 2.45) is 11.7 Å². The quantitative estimate of drug-likeness (QED) is 0.772. The van der Waals surface area contributed by atoms with Crippen LogP contribution in [0.5, 0.6) is 0 Å². The number of aromatic amines is 1. The van der Waals surface area contributed by atoms with Gasteiger partial charge in [0.1, 0.15) is 5.82 Å². The minimum Gasteiger partial charge on any atom is -0.349 e. The van der Waals surface area contributed by atoms with Crippen LogP contribution in [0, 0.1) is 5.92 Å². The first-order valence-corrected chi connectivity index (χ1v) is 5.29. The number of imidazole rings is 1. The summed E-state index contributed by atoms with van der Waals surface area (Å²) in [6, 6.07) is 0.0293. The molecule has 2 rings (SSSR count). The Kier molecular flexibility index (Phi) is 7.18. The summed E-state index contributed by atoms with van der Waals surface area (Å²) in [5.41, 5.74) is 5.84. The van der Waals surface area contributed by atoms with Gasteiger partial charge < -0.3 is 16.0 Å². The summed E-state index contributed by atoms with van der Waals surface area (Å²) in [6.45, 7) is 0.453. The largest absolute Gasteiger partial charge is 0.349 e. The number of aromatic nitrogens is 2. The van der Waals surface area contributed by atoms with E-state index in [1.54, 1.807) is 12.4 Å². The van der Waals surface area contributed by atoms with E-state index in [2.05, 4.69) is 15.3 Å². The van der Waals surface area contributed by atoms with Gasteiger partial charge in [-0.3, -0.25) is 4.79 Å². The summed E-state index contributed by atoms with van der Waals surface area (Å²) < 4.78 is 0. The van der Waals surface area contributed by atoms with Crippen LogP contribution in [0.3, 0.4) is 0 Å². The smallest absolute Gasteiger partial charge is 0.225 e. The highest BCUT2D eigenvalue weighted by Gasteiger charge is 2.29.